The third-order valence-corrected chi connectivity index (χ3v) is 4.94. The van der Waals surface area contributed by atoms with Gasteiger partial charge in [-0.25, -0.2) is 8.42 Å². The first kappa shape index (κ1) is 14.6. The molecule has 2 aromatic rings. The number of benzene rings is 1. The first-order valence-electron chi connectivity index (χ1n) is 5.46. The Morgan fingerprint density at radius 2 is 1.85 bits per heavy atom. The van der Waals surface area contributed by atoms with Crippen LogP contribution < -0.4 is 0 Å². The third kappa shape index (κ3) is 3.20. The average Bonchev–Trinajstić information content (AvgIpc) is 2.39. The Hall–Kier alpha value is -1.80. The van der Waals surface area contributed by atoms with Gasteiger partial charge in [0, 0.05) is 18.5 Å². The Balaban J connectivity index is 2.40. The number of hydrogen-bond acceptors (Lipinski definition) is 5. The van der Waals surface area contributed by atoms with Gasteiger partial charge in [0.1, 0.15) is 0 Å². The Bertz CT molecular complexity index is 747. The van der Waals surface area contributed by atoms with Crippen LogP contribution >= 0.6 is 15.9 Å². The highest BCUT2D eigenvalue weighted by Gasteiger charge is 2.20. The van der Waals surface area contributed by atoms with Crippen molar-refractivity contribution < 1.29 is 13.3 Å². The molecule has 0 radical (unpaired) electrons. The summed E-state index contributed by atoms with van der Waals surface area (Å²) in [5.41, 5.74) is 0.298. The molecule has 0 aliphatic rings. The van der Waals surface area contributed by atoms with E-state index in [9.17, 15) is 18.5 Å². The fourth-order valence-corrected chi connectivity index (χ4v) is 3.36. The van der Waals surface area contributed by atoms with Crippen molar-refractivity contribution in [3.63, 3.8) is 0 Å². The van der Waals surface area contributed by atoms with Crippen molar-refractivity contribution in [2.75, 3.05) is 0 Å². The van der Waals surface area contributed by atoms with Gasteiger partial charge in [-0.3, -0.25) is 15.1 Å². The van der Waals surface area contributed by atoms with Crippen molar-refractivity contribution in [1.82, 2.24) is 4.98 Å². The van der Waals surface area contributed by atoms with E-state index >= 15 is 0 Å². The average molecular weight is 357 g/mol. The standard InChI is InChI=1S/C12H9BrN2O4S/c13-11-2-1-10(7-12(11)15(16)17)20(18,19)8-9-3-5-14-6-4-9/h1-7H,8H2. The Morgan fingerprint density at radius 1 is 1.20 bits per heavy atom. The van der Waals surface area contributed by atoms with E-state index in [1.165, 1.54) is 24.5 Å². The zero-order valence-corrected chi connectivity index (χ0v) is 12.5. The van der Waals surface area contributed by atoms with Gasteiger partial charge in [0.15, 0.2) is 9.84 Å². The summed E-state index contributed by atoms with van der Waals surface area (Å²) in [5, 5.41) is 10.8. The summed E-state index contributed by atoms with van der Waals surface area (Å²) in [5.74, 6) is -0.228. The van der Waals surface area contributed by atoms with Gasteiger partial charge in [0.25, 0.3) is 5.69 Å². The molecule has 1 heterocycles. The van der Waals surface area contributed by atoms with Crippen LogP contribution in [0.25, 0.3) is 0 Å². The predicted octanol–water partition coefficient (Wildman–Crippen LogP) is 2.73. The van der Waals surface area contributed by atoms with Crippen LogP contribution in [0.1, 0.15) is 5.56 Å². The topological polar surface area (TPSA) is 90.2 Å². The maximum Gasteiger partial charge on any atom is 0.284 e. The Labute approximate surface area is 123 Å². The predicted molar refractivity (Wildman–Crippen MR) is 75.9 cm³/mol. The van der Waals surface area contributed by atoms with Gasteiger partial charge >= 0.3 is 0 Å². The molecule has 1 aromatic heterocycles. The fraction of sp³-hybridized carbons (Fsp3) is 0.0833. The number of nitro benzene ring substituents is 1. The summed E-state index contributed by atoms with van der Waals surface area (Å²) in [7, 11) is -3.64. The van der Waals surface area contributed by atoms with Crippen LogP contribution in [0, 0.1) is 10.1 Å². The molecular formula is C12H9BrN2O4S. The molecule has 0 bridgehead atoms. The van der Waals surface area contributed by atoms with Gasteiger partial charge in [-0.2, -0.15) is 0 Å². The molecule has 8 heteroatoms. The van der Waals surface area contributed by atoms with Crippen LogP contribution in [0.5, 0.6) is 0 Å². The maximum atomic E-state index is 12.2. The van der Waals surface area contributed by atoms with Crippen molar-refractivity contribution in [3.8, 4) is 0 Å². The molecule has 0 saturated heterocycles. The lowest BCUT2D eigenvalue weighted by atomic mass is 10.3. The highest BCUT2D eigenvalue weighted by Crippen LogP contribution is 2.28. The summed E-state index contributed by atoms with van der Waals surface area (Å²) in [4.78, 5) is 13.9. The highest BCUT2D eigenvalue weighted by atomic mass is 79.9. The normalized spacial score (nSPS) is 11.2. The van der Waals surface area contributed by atoms with E-state index in [1.807, 2.05) is 0 Å². The molecule has 2 rings (SSSR count). The summed E-state index contributed by atoms with van der Waals surface area (Å²) in [6, 6.07) is 6.93. The van der Waals surface area contributed by atoms with Crippen molar-refractivity contribution in [2.24, 2.45) is 0 Å². The van der Waals surface area contributed by atoms with Gasteiger partial charge in [-0.1, -0.05) is 0 Å². The second-order valence-electron chi connectivity index (χ2n) is 3.98. The van der Waals surface area contributed by atoms with Crippen LogP contribution in [0.3, 0.4) is 0 Å². The molecule has 0 aliphatic heterocycles. The number of pyridine rings is 1. The summed E-state index contributed by atoms with van der Waals surface area (Å²) >= 11 is 3.02. The minimum Gasteiger partial charge on any atom is -0.265 e. The van der Waals surface area contributed by atoms with E-state index in [4.69, 9.17) is 0 Å². The van der Waals surface area contributed by atoms with Crippen LogP contribution in [-0.2, 0) is 15.6 Å². The molecule has 0 aliphatic carbocycles. The molecule has 20 heavy (non-hydrogen) atoms. The fourth-order valence-electron chi connectivity index (χ4n) is 1.61. The number of rotatable bonds is 4. The van der Waals surface area contributed by atoms with E-state index in [0.29, 0.717) is 5.56 Å². The van der Waals surface area contributed by atoms with E-state index in [1.54, 1.807) is 12.1 Å². The third-order valence-electron chi connectivity index (χ3n) is 2.58. The smallest absolute Gasteiger partial charge is 0.265 e. The van der Waals surface area contributed by atoms with Crippen LogP contribution in [-0.4, -0.2) is 18.3 Å². The lowest BCUT2D eigenvalue weighted by Crippen LogP contribution is -2.05. The second kappa shape index (κ2) is 5.68. The summed E-state index contributed by atoms with van der Waals surface area (Å²) in [6.07, 6.45) is 2.99. The van der Waals surface area contributed by atoms with Gasteiger partial charge in [0.2, 0.25) is 0 Å². The minimum absolute atomic E-state index is 0.0794. The van der Waals surface area contributed by atoms with Crippen LogP contribution in [0.2, 0.25) is 0 Å². The number of aromatic nitrogens is 1. The molecule has 0 spiro atoms. The van der Waals surface area contributed by atoms with Crippen LogP contribution in [0.15, 0.2) is 52.1 Å². The lowest BCUT2D eigenvalue weighted by Gasteiger charge is -2.05. The minimum atomic E-state index is -3.64. The Kier molecular flexibility index (Phi) is 4.15. The van der Waals surface area contributed by atoms with Crippen molar-refractivity contribution >= 4 is 31.5 Å². The molecule has 0 amide bonds. The lowest BCUT2D eigenvalue weighted by molar-refractivity contribution is -0.385. The molecule has 6 nitrogen and oxygen atoms in total. The second-order valence-corrected chi connectivity index (χ2v) is 6.83. The monoisotopic (exact) mass is 356 g/mol. The van der Waals surface area contributed by atoms with E-state index in [2.05, 4.69) is 20.9 Å². The van der Waals surface area contributed by atoms with Gasteiger partial charge in [-0.05, 0) is 45.8 Å². The highest BCUT2D eigenvalue weighted by molar-refractivity contribution is 9.10. The maximum absolute atomic E-state index is 12.2. The van der Waals surface area contributed by atoms with Crippen LogP contribution in [0.4, 0.5) is 5.69 Å². The van der Waals surface area contributed by atoms with E-state index in [-0.39, 0.29) is 20.8 Å². The van der Waals surface area contributed by atoms with Crippen molar-refractivity contribution in [3.05, 3.63) is 62.9 Å². The quantitative estimate of drug-likeness (QED) is 0.620. The molecule has 0 unspecified atom stereocenters. The number of nitrogens with zero attached hydrogens (tertiary/aromatic N) is 2. The largest absolute Gasteiger partial charge is 0.284 e. The van der Waals surface area contributed by atoms with Crippen molar-refractivity contribution in [1.29, 1.82) is 0 Å². The zero-order valence-electron chi connectivity index (χ0n) is 10.1. The van der Waals surface area contributed by atoms with Gasteiger partial charge < -0.3 is 0 Å². The molecule has 0 saturated carbocycles. The molecule has 104 valence electrons. The van der Waals surface area contributed by atoms with E-state index in [0.717, 1.165) is 6.07 Å². The number of sulfone groups is 1. The van der Waals surface area contributed by atoms with Crippen molar-refractivity contribution in [2.45, 2.75) is 10.6 Å². The first-order chi connectivity index (χ1) is 9.40. The molecule has 0 N–H and O–H groups in total. The number of hydrogen-bond donors (Lipinski definition) is 0. The summed E-state index contributed by atoms with van der Waals surface area (Å²) in [6.45, 7) is 0. The number of halogens is 1. The first-order valence-corrected chi connectivity index (χ1v) is 7.90. The zero-order chi connectivity index (χ0) is 14.8. The Morgan fingerprint density at radius 3 is 2.45 bits per heavy atom. The molecule has 0 fully saturated rings. The molecule has 1 aromatic carbocycles. The molecule has 0 atom stereocenters. The van der Waals surface area contributed by atoms with Gasteiger partial charge in [0.05, 0.1) is 20.0 Å². The van der Waals surface area contributed by atoms with Gasteiger partial charge in [-0.15, -0.1) is 0 Å². The van der Waals surface area contributed by atoms with E-state index < -0.39 is 14.8 Å². The summed E-state index contributed by atoms with van der Waals surface area (Å²) < 4.78 is 24.7. The SMILES string of the molecule is O=[N+]([O-])c1cc(S(=O)(=O)Cc2ccncc2)ccc1Br. The molecular weight excluding hydrogens is 348 g/mol. The number of nitro groups is 1.